The van der Waals surface area contributed by atoms with E-state index in [0.29, 0.717) is 10.9 Å². The van der Waals surface area contributed by atoms with Crippen molar-refractivity contribution in [3.63, 3.8) is 0 Å². The molecule has 0 aliphatic heterocycles. The van der Waals surface area contributed by atoms with Crippen LogP contribution < -0.4 is 0 Å². The average Bonchev–Trinajstić information content (AvgIpc) is 3.26. The number of rotatable bonds is 7. The van der Waals surface area contributed by atoms with Crippen LogP contribution in [0.3, 0.4) is 0 Å². The molecule has 1 aliphatic carbocycles. The third kappa shape index (κ3) is 5.48. The zero-order valence-electron chi connectivity index (χ0n) is 19.3. The molecular formula is C28H28ClFN2O2. The second-order valence-corrected chi connectivity index (χ2v) is 9.63. The van der Waals surface area contributed by atoms with Crippen molar-refractivity contribution in [3.8, 4) is 0 Å². The van der Waals surface area contributed by atoms with Gasteiger partial charge in [0.2, 0.25) is 0 Å². The number of aliphatic carboxylic acids is 1. The van der Waals surface area contributed by atoms with Crippen molar-refractivity contribution in [1.82, 2.24) is 10.2 Å². The maximum atomic E-state index is 13.9. The minimum Gasteiger partial charge on any atom is -0.478 e. The van der Waals surface area contributed by atoms with Crippen LogP contribution in [0.5, 0.6) is 0 Å². The Kier molecular flexibility index (Phi) is 7.32. The van der Waals surface area contributed by atoms with Crippen molar-refractivity contribution >= 4 is 34.8 Å². The topological polar surface area (TPSA) is 66.0 Å². The lowest BCUT2D eigenvalue weighted by molar-refractivity contribution is -0.131. The number of aryl methyl sites for hydroxylation is 1. The first-order chi connectivity index (χ1) is 16.3. The largest absolute Gasteiger partial charge is 0.478 e. The average molecular weight is 479 g/mol. The van der Waals surface area contributed by atoms with Crippen LogP contribution in [0.25, 0.3) is 17.2 Å². The zero-order valence-corrected chi connectivity index (χ0v) is 20.1. The summed E-state index contributed by atoms with van der Waals surface area (Å²) in [7, 11) is 0. The maximum Gasteiger partial charge on any atom is 0.328 e. The molecule has 1 aliphatic rings. The molecule has 0 saturated carbocycles. The minimum absolute atomic E-state index is 0.250. The molecule has 1 unspecified atom stereocenters. The Labute approximate surface area is 204 Å². The summed E-state index contributed by atoms with van der Waals surface area (Å²) in [5.74, 6) is -0.709. The van der Waals surface area contributed by atoms with Crippen molar-refractivity contribution in [2.45, 2.75) is 39.5 Å². The molecule has 0 radical (unpaired) electrons. The summed E-state index contributed by atoms with van der Waals surface area (Å²) in [6.45, 7) is 4.34. The fourth-order valence-electron chi connectivity index (χ4n) is 4.77. The second-order valence-electron chi connectivity index (χ2n) is 9.22. The summed E-state index contributed by atoms with van der Waals surface area (Å²) >= 11 is 6.58. The van der Waals surface area contributed by atoms with E-state index < -0.39 is 5.97 Å². The van der Waals surface area contributed by atoms with Crippen molar-refractivity contribution in [2.75, 3.05) is 0 Å². The van der Waals surface area contributed by atoms with E-state index in [0.717, 1.165) is 54.0 Å². The van der Waals surface area contributed by atoms with E-state index in [1.165, 1.54) is 29.0 Å². The van der Waals surface area contributed by atoms with Gasteiger partial charge >= 0.3 is 5.97 Å². The van der Waals surface area contributed by atoms with Gasteiger partial charge in [0.25, 0.3) is 0 Å². The van der Waals surface area contributed by atoms with E-state index in [9.17, 15) is 9.18 Å². The Hall–Kier alpha value is -3.18. The summed E-state index contributed by atoms with van der Waals surface area (Å²) in [4.78, 5) is 10.9. The van der Waals surface area contributed by atoms with E-state index >= 15 is 0 Å². The molecule has 4 nitrogen and oxygen atoms in total. The van der Waals surface area contributed by atoms with Gasteiger partial charge in [-0.05, 0) is 89.1 Å². The summed E-state index contributed by atoms with van der Waals surface area (Å²) in [5, 5.41) is 16.7. The van der Waals surface area contributed by atoms with Gasteiger partial charge in [-0.3, -0.25) is 5.10 Å². The summed E-state index contributed by atoms with van der Waals surface area (Å²) in [6.07, 6.45) is 8.17. The normalized spacial score (nSPS) is 16.6. The van der Waals surface area contributed by atoms with Crippen LogP contribution in [0.1, 0.15) is 54.6 Å². The van der Waals surface area contributed by atoms with Gasteiger partial charge in [0.1, 0.15) is 5.82 Å². The van der Waals surface area contributed by atoms with Crippen molar-refractivity contribution < 1.29 is 14.3 Å². The highest BCUT2D eigenvalue weighted by Gasteiger charge is 2.28. The number of halogens is 2. The first-order valence-corrected chi connectivity index (χ1v) is 11.9. The third-order valence-corrected chi connectivity index (χ3v) is 6.57. The SMILES string of the molecule is CC(C)C/C(=C(/c1ccc(/C=C/C(=O)O)cc1)C1CCc2[nH]ncc2C1)c1ccc(F)cc1Cl. The molecule has 176 valence electrons. The number of carboxylic acids is 1. The number of nitrogens with one attached hydrogen (secondary N) is 1. The number of nitrogens with zero attached hydrogens (tertiary/aromatic N) is 1. The van der Waals surface area contributed by atoms with Gasteiger partial charge in [-0.25, -0.2) is 9.18 Å². The van der Waals surface area contributed by atoms with Gasteiger partial charge in [0.15, 0.2) is 0 Å². The molecule has 34 heavy (non-hydrogen) atoms. The fourth-order valence-corrected chi connectivity index (χ4v) is 5.05. The van der Waals surface area contributed by atoms with Crippen molar-refractivity contribution in [2.24, 2.45) is 11.8 Å². The first-order valence-electron chi connectivity index (χ1n) is 11.5. The zero-order chi connectivity index (χ0) is 24.2. The van der Waals surface area contributed by atoms with Crippen LogP contribution in [0.4, 0.5) is 4.39 Å². The highest BCUT2D eigenvalue weighted by atomic mass is 35.5. The molecule has 0 amide bonds. The van der Waals surface area contributed by atoms with Gasteiger partial charge in [0, 0.05) is 11.8 Å². The predicted molar refractivity (Wildman–Crippen MR) is 135 cm³/mol. The molecule has 4 rings (SSSR count). The van der Waals surface area contributed by atoms with Crippen molar-refractivity contribution in [3.05, 3.63) is 93.5 Å². The quantitative estimate of drug-likeness (QED) is 0.282. The Bertz CT molecular complexity index is 1240. The van der Waals surface area contributed by atoms with Gasteiger partial charge in [-0.15, -0.1) is 0 Å². The van der Waals surface area contributed by atoms with Crippen LogP contribution >= 0.6 is 11.6 Å². The number of carboxylic acid groups (broad SMARTS) is 1. The molecule has 0 spiro atoms. The molecular weight excluding hydrogens is 451 g/mol. The van der Waals surface area contributed by atoms with Crippen LogP contribution in [-0.2, 0) is 17.6 Å². The molecule has 2 N–H and O–H groups in total. The molecule has 2 aromatic carbocycles. The standard InChI is InChI=1S/C28H28ClFN2O2/c1-17(2)13-24(23-10-9-22(30)15-25(23)29)28(20-8-11-26-21(14-20)16-31-32-26)19-6-3-18(4-7-19)5-12-27(33)34/h3-7,9-10,12,15-17,20H,8,11,13-14H2,1-2H3,(H,31,32)(H,33,34)/b12-5+,28-24+. The summed E-state index contributed by atoms with van der Waals surface area (Å²) < 4.78 is 13.9. The van der Waals surface area contributed by atoms with E-state index in [4.69, 9.17) is 16.7 Å². The molecule has 6 heteroatoms. The van der Waals surface area contributed by atoms with Gasteiger partial charge in [-0.2, -0.15) is 5.10 Å². The number of fused-ring (bicyclic) bond motifs is 1. The number of carbonyl (C=O) groups is 1. The van der Waals surface area contributed by atoms with E-state index in [-0.39, 0.29) is 11.7 Å². The third-order valence-electron chi connectivity index (χ3n) is 6.26. The predicted octanol–water partition coefficient (Wildman–Crippen LogP) is 7.06. The number of benzene rings is 2. The smallest absolute Gasteiger partial charge is 0.328 e. The lowest BCUT2D eigenvalue weighted by Crippen LogP contribution is -2.17. The Morgan fingerprint density at radius 3 is 2.71 bits per heavy atom. The van der Waals surface area contributed by atoms with E-state index in [1.54, 1.807) is 12.1 Å². The second kappa shape index (κ2) is 10.4. The van der Waals surface area contributed by atoms with Crippen molar-refractivity contribution in [1.29, 1.82) is 0 Å². The lowest BCUT2D eigenvalue weighted by atomic mass is 9.75. The van der Waals surface area contributed by atoms with Crippen LogP contribution in [0, 0.1) is 17.7 Å². The molecule has 1 aromatic heterocycles. The lowest BCUT2D eigenvalue weighted by Gasteiger charge is -2.29. The van der Waals surface area contributed by atoms with Gasteiger partial charge in [-0.1, -0.05) is 55.8 Å². The Balaban J connectivity index is 1.87. The molecule has 1 atom stereocenters. The molecule has 0 bridgehead atoms. The number of hydrogen-bond donors (Lipinski definition) is 2. The molecule has 3 aromatic rings. The number of aromatic nitrogens is 2. The van der Waals surface area contributed by atoms with Gasteiger partial charge in [0.05, 0.1) is 11.2 Å². The van der Waals surface area contributed by atoms with Crippen LogP contribution in [0.2, 0.25) is 5.02 Å². The minimum atomic E-state index is -0.979. The highest BCUT2D eigenvalue weighted by Crippen LogP contribution is 2.43. The number of allylic oxidation sites excluding steroid dienone is 2. The number of aromatic amines is 1. The summed E-state index contributed by atoms with van der Waals surface area (Å²) in [6, 6.07) is 12.6. The molecule has 1 heterocycles. The van der Waals surface area contributed by atoms with Crippen LogP contribution in [-0.4, -0.2) is 21.3 Å². The molecule has 0 saturated heterocycles. The number of hydrogen-bond acceptors (Lipinski definition) is 2. The monoisotopic (exact) mass is 478 g/mol. The Morgan fingerprint density at radius 2 is 2.03 bits per heavy atom. The highest BCUT2D eigenvalue weighted by molar-refractivity contribution is 6.32. The van der Waals surface area contributed by atoms with E-state index in [2.05, 4.69) is 24.0 Å². The maximum absolute atomic E-state index is 13.9. The fraction of sp³-hybridized carbons (Fsp3) is 0.286. The van der Waals surface area contributed by atoms with E-state index in [1.807, 2.05) is 30.5 Å². The summed E-state index contributed by atoms with van der Waals surface area (Å²) in [5.41, 5.74) is 7.50. The Morgan fingerprint density at radius 1 is 1.26 bits per heavy atom. The van der Waals surface area contributed by atoms with Gasteiger partial charge < -0.3 is 5.11 Å². The molecule has 0 fully saturated rings. The first kappa shape index (κ1) is 24.0. The van der Waals surface area contributed by atoms with Crippen LogP contribution in [0.15, 0.2) is 54.7 Å². The number of H-pyrrole nitrogens is 1.